The van der Waals surface area contributed by atoms with Crippen molar-refractivity contribution in [3.8, 4) is 17.6 Å². The Kier molecular flexibility index (Phi) is 9.85. The van der Waals surface area contributed by atoms with Gasteiger partial charge in [0.05, 0.1) is 43.2 Å². The molecule has 3 atom stereocenters. The Morgan fingerprint density at radius 2 is 2.00 bits per heavy atom. The summed E-state index contributed by atoms with van der Waals surface area (Å²) >= 11 is 0. The fraction of sp³-hybridized carbons (Fsp3) is 0.433. The first-order chi connectivity index (χ1) is 20.0. The average molecular weight is 590 g/mol. The number of carbonyl (C=O) groups is 1. The molecule has 42 heavy (non-hydrogen) atoms. The number of hydrogen-bond donors (Lipinski definition) is 4. The van der Waals surface area contributed by atoms with E-state index in [0.29, 0.717) is 40.0 Å². The standard InChI is InChI=1S/C30H35F4N5O3/c1-19(17-40)36-29(41)20-9-10-26(28(14-20)42-3)35-12-5-6-21-15-22-24(37-25-11-13-38(2)16-23(25)31)7-4-8-27(22)39(21)18-30(32,33)34/h4,7-10,14-15,19,23,25,35,37,40H,11-13,16-18H2,1-3H3,(H,36,41)/t19?,23-,25+/m0/s1. The molecule has 2 aromatic carbocycles. The fourth-order valence-electron chi connectivity index (χ4n) is 4.89. The number of amides is 1. The van der Waals surface area contributed by atoms with Crippen molar-refractivity contribution < 1.29 is 32.2 Å². The Morgan fingerprint density at radius 3 is 2.69 bits per heavy atom. The first kappa shape index (κ1) is 31.0. The lowest BCUT2D eigenvalue weighted by molar-refractivity contribution is -0.140. The third kappa shape index (κ3) is 7.66. The Bertz CT molecular complexity index is 1460. The lowest BCUT2D eigenvalue weighted by Crippen LogP contribution is -2.46. The summed E-state index contributed by atoms with van der Waals surface area (Å²) in [5.41, 5.74) is 1.97. The molecule has 2 heterocycles. The lowest BCUT2D eigenvalue weighted by Gasteiger charge is -2.33. The summed E-state index contributed by atoms with van der Waals surface area (Å²) in [5.74, 6) is 5.73. The van der Waals surface area contributed by atoms with Gasteiger partial charge in [-0.3, -0.25) is 4.79 Å². The summed E-state index contributed by atoms with van der Waals surface area (Å²) < 4.78 is 61.9. The molecule has 12 heteroatoms. The topological polar surface area (TPSA) is 90.8 Å². The zero-order valence-electron chi connectivity index (χ0n) is 23.7. The molecule has 1 unspecified atom stereocenters. The number of benzene rings is 2. The van der Waals surface area contributed by atoms with Crippen molar-refractivity contribution in [2.45, 2.75) is 44.3 Å². The number of methoxy groups -OCH3 is 1. The van der Waals surface area contributed by atoms with Crippen molar-refractivity contribution in [1.82, 2.24) is 14.8 Å². The van der Waals surface area contributed by atoms with E-state index in [-0.39, 0.29) is 31.3 Å². The minimum atomic E-state index is -4.47. The highest BCUT2D eigenvalue weighted by Crippen LogP contribution is 2.32. The normalized spacial score (nSPS) is 18.2. The number of rotatable bonds is 9. The quantitative estimate of drug-likeness (QED) is 0.221. The fourth-order valence-corrected chi connectivity index (χ4v) is 4.89. The van der Waals surface area contributed by atoms with Gasteiger partial charge < -0.3 is 35.3 Å². The Labute approximate surface area is 242 Å². The van der Waals surface area contributed by atoms with Gasteiger partial charge in [0.2, 0.25) is 0 Å². The molecule has 3 aromatic rings. The van der Waals surface area contributed by atoms with Crippen LogP contribution in [0.4, 0.5) is 28.9 Å². The van der Waals surface area contributed by atoms with Crippen molar-refractivity contribution in [2.75, 3.05) is 51.0 Å². The van der Waals surface area contributed by atoms with Crippen molar-refractivity contribution in [1.29, 1.82) is 0 Å². The van der Waals surface area contributed by atoms with Crippen molar-refractivity contribution in [3.63, 3.8) is 0 Å². The van der Waals surface area contributed by atoms with E-state index in [4.69, 9.17) is 9.84 Å². The van der Waals surface area contributed by atoms with Gasteiger partial charge in [0.15, 0.2) is 0 Å². The summed E-state index contributed by atoms with van der Waals surface area (Å²) in [4.78, 5) is 14.3. The predicted molar refractivity (Wildman–Crippen MR) is 155 cm³/mol. The maximum atomic E-state index is 14.7. The van der Waals surface area contributed by atoms with Gasteiger partial charge in [-0.15, -0.1) is 0 Å². The molecule has 226 valence electrons. The highest BCUT2D eigenvalue weighted by Gasteiger charge is 2.31. The number of hydrogen-bond acceptors (Lipinski definition) is 6. The van der Waals surface area contributed by atoms with E-state index >= 15 is 0 Å². The second-order valence-electron chi connectivity index (χ2n) is 10.4. The van der Waals surface area contributed by atoms with Crippen LogP contribution in [0.3, 0.4) is 0 Å². The minimum Gasteiger partial charge on any atom is -0.495 e. The largest absolute Gasteiger partial charge is 0.495 e. The van der Waals surface area contributed by atoms with Gasteiger partial charge in [0, 0.05) is 35.8 Å². The summed E-state index contributed by atoms with van der Waals surface area (Å²) in [6, 6.07) is 10.5. The number of likely N-dealkylation sites (tertiary alicyclic amines) is 1. The number of aromatic nitrogens is 1. The summed E-state index contributed by atoms with van der Waals surface area (Å²) in [6.45, 7) is 1.35. The molecule has 4 N–H and O–H groups in total. The Balaban J connectivity index is 1.55. The molecular formula is C30H35F4N5O3. The van der Waals surface area contributed by atoms with Gasteiger partial charge in [0.1, 0.15) is 18.5 Å². The molecule has 4 rings (SSSR count). The molecule has 1 aromatic heterocycles. The van der Waals surface area contributed by atoms with Gasteiger partial charge in [0.25, 0.3) is 5.91 Å². The van der Waals surface area contributed by atoms with Crippen LogP contribution in [0.15, 0.2) is 42.5 Å². The van der Waals surface area contributed by atoms with Crippen LogP contribution >= 0.6 is 0 Å². The number of carbonyl (C=O) groups excluding carboxylic acids is 1. The zero-order valence-corrected chi connectivity index (χ0v) is 23.7. The van der Waals surface area contributed by atoms with Gasteiger partial charge >= 0.3 is 6.18 Å². The summed E-state index contributed by atoms with van der Waals surface area (Å²) in [5, 5.41) is 18.6. The van der Waals surface area contributed by atoms with E-state index in [9.17, 15) is 22.4 Å². The van der Waals surface area contributed by atoms with Crippen LogP contribution in [0.25, 0.3) is 10.9 Å². The van der Waals surface area contributed by atoms with Crippen molar-refractivity contribution in [3.05, 3.63) is 53.7 Å². The molecule has 1 amide bonds. The SMILES string of the molecule is COc1cc(C(=O)NC(C)CO)ccc1NCC#Cc1cc2c(N[C@@H]3CCN(C)C[C@@H]3F)cccc2n1CC(F)(F)F. The van der Waals surface area contributed by atoms with Crippen molar-refractivity contribution >= 4 is 28.2 Å². The maximum absolute atomic E-state index is 14.7. The van der Waals surface area contributed by atoms with Gasteiger partial charge in [-0.05, 0) is 62.7 Å². The van der Waals surface area contributed by atoms with Crippen LogP contribution < -0.4 is 20.7 Å². The number of anilines is 2. The number of alkyl halides is 4. The summed E-state index contributed by atoms with van der Waals surface area (Å²) in [7, 11) is 3.30. The number of fused-ring (bicyclic) bond motifs is 1. The van der Waals surface area contributed by atoms with Crippen molar-refractivity contribution in [2.24, 2.45) is 0 Å². The van der Waals surface area contributed by atoms with Crippen LogP contribution in [-0.4, -0.2) is 85.3 Å². The number of halogens is 4. The van der Waals surface area contributed by atoms with Crippen LogP contribution in [0.5, 0.6) is 5.75 Å². The number of aliphatic hydroxyl groups excluding tert-OH is 1. The Hall–Kier alpha value is -3.95. The maximum Gasteiger partial charge on any atom is 0.406 e. The number of aliphatic hydroxyl groups is 1. The van der Waals surface area contributed by atoms with E-state index in [1.54, 1.807) is 43.3 Å². The first-order valence-corrected chi connectivity index (χ1v) is 13.6. The van der Waals surface area contributed by atoms with Crippen LogP contribution in [-0.2, 0) is 6.54 Å². The monoisotopic (exact) mass is 589 g/mol. The minimum absolute atomic E-state index is 0.0845. The molecule has 1 saturated heterocycles. The third-order valence-electron chi connectivity index (χ3n) is 7.07. The highest BCUT2D eigenvalue weighted by molar-refractivity contribution is 5.95. The summed E-state index contributed by atoms with van der Waals surface area (Å²) in [6.07, 6.45) is -5.00. The second-order valence-corrected chi connectivity index (χ2v) is 10.4. The number of piperidine rings is 1. The Morgan fingerprint density at radius 1 is 1.21 bits per heavy atom. The smallest absolute Gasteiger partial charge is 0.406 e. The van der Waals surface area contributed by atoms with E-state index in [2.05, 4.69) is 27.8 Å². The molecule has 0 saturated carbocycles. The van der Waals surface area contributed by atoms with Crippen LogP contribution in [0, 0.1) is 11.8 Å². The van der Waals surface area contributed by atoms with E-state index in [0.717, 1.165) is 11.1 Å². The number of nitrogens with zero attached hydrogens (tertiary/aromatic N) is 2. The van der Waals surface area contributed by atoms with Crippen LogP contribution in [0.1, 0.15) is 29.4 Å². The molecular weight excluding hydrogens is 554 g/mol. The number of ether oxygens (including phenoxy) is 1. The predicted octanol–water partition coefficient (Wildman–Crippen LogP) is 4.24. The highest BCUT2D eigenvalue weighted by atomic mass is 19.4. The molecule has 1 fully saturated rings. The second kappa shape index (κ2) is 13.4. The van der Waals surface area contributed by atoms with Gasteiger partial charge in [-0.1, -0.05) is 12.0 Å². The van der Waals surface area contributed by atoms with Crippen LogP contribution in [0.2, 0.25) is 0 Å². The molecule has 0 spiro atoms. The molecule has 0 radical (unpaired) electrons. The molecule has 0 aliphatic carbocycles. The zero-order chi connectivity index (χ0) is 30.4. The average Bonchev–Trinajstić information content (AvgIpc) is 3.28. The molecule has 8 nitrogen and oxygen atoms in total. The van der Waals surface area contributed by atoms with E-state index in [1.165, 1.54) is 13.2 Å². The third-order valence-corrected chi connectivity index (χ3v) is 7.07. The molecule has 1 aliphatic rings. The molecule has 1 aliphatic heterocycles. The van der Waals surface area contributed by atoms with E-state index in [1.807, 2.05) is 11.9 Å². The first-order valence-electron chi connectivity index (χ1n) is 13.6. The van der Waals surface area contributed by atoms with Gasteiger partial charge in [-0.25, -0.2) is 4.39 Å². The number of nitrogens with one attached hydrogen (secondary N) is 3. The van der Waals surface area contributed by atoms with E-state index < -0.39 is 31.0 Å². The van der Waals surface area contributed by atoms with Gasteiger partial charge in [-0.2, -0.15) is 13.2 Å². The lowest BCUT2D eigenvalue weighted by atomic mass is 10.0. The molecule has 0 bridgehead atoms.